The fraction of sp³-hybridized carbons (Fsp3) is 0.222. The Kier molecular flexibility index (Phi) is 9.31. The van der Waals surface area contributed by atoms with Gasteiger partial charge < -0.3 is 19.5 Å². The van der Waals surface area contributed by atoms with Gasteiger partial charge in [0.2, 0.25) is 0 Å². The number of rotatable bonds is 11. The summed E-state index contributed by atoms with van der Waals surface area (Å²) >= 11 is 1.55. The minimum atomic E-state index is -0.766. The Bertz CT molecular complexity index is 1210. The van der Waals surface area contributed by atoms with Crippen LogP contribution in [0.4, 0.5) is 5.69 Å². The predicted molar refractivity (Wildman–Crippen MR) is 136 cm³/mol. The van der Waals surface area contributed by atoms with Crippen molar-refractivity contribution in [2.75, 3.05) is 31.4 Å². The van der Waals surface area contributed by atoms with Crippen LogP contribution in [0.25, 0.3) is 0 Å². The standard InChI is InChI=1S/C27H27NO6S/c1-4-32-23-14-13-18(15-24(23)33-5-2)26(30)21-11-6-7-12-22(21)27(31)34-17-25(29)28-19-9-8-10-20(16-19)35-3/h6-16H,4-5,17H2,1-3H3,(H,28,29). The van der Waals surface area contributed by atoms with Gasteiger partial charge in [0.25, 0.3) is 5.91 Å². The van der Waals surface area contributed by atoms with E-state index in [1.165, 1.54) is 6.07 Å². The Morgan fingerprint density at radius 1 is 0.829 bits per heavy atom. The molecule has 0 spiro atoms. The number of ether oxygens (including phenoxy) is 3. The molecule has 1 N–H and O–H groups in total. The van der Waals surface area contributed by atoms with Crippen molar-refractivity contribution < 1.29 is 28.6 Å². The molecule has 0 heterocycles. The van der Waals surface area contributed by atoms with Gasteiger partial charge in [0.05, 0.1) is 18.8 Å². The van der Waals surface area contributed by atoms with Crippen LogP contribution in [0.2, 0.25) is 0 Å². The largest absolute Gasteiger partial charge is 0.490 e. The third-order valence-electron chi connectivity index (χ3n) is 4.89. The topological polar surface area (TPSA) is 90.9 Å². The SMILES string of the molecule is CCOc1ccc(C(=O)c2ccccc2C(=O)OCC(=O)Nc2cccc(SC)c2)cc1OCC. The van der Waals surface area contributed by atoms with Crippen LogP contribution in [-0.4, -0.2) is 43.7 Å². The monoisotopic (exact) mass is 493 g/mol. The van der Waals surface area contributed by atoms with Crippen molar-refractivity contribution in [3.63, 3.8) is 0 Å². The first-order valence-corrected chi connectivity index (χ1v) is 12.3. The summed E-state index contributed by atoms with van der Waals surface area (Å²) in [5, 5.41) is 2.70. The summed E-state index contributed by atoms with van der Waals surface area (Å²) in [5.41, 5.74) is 1.18. The molecule has 0 saturated carbocycles. The van der Waals surface area contributed by atoms with Gasteiger partial charge >= 0.3 is 5.97 Å². The summed E-state index contributed by atoms with van der Waals surface area (Å²) in [6.45, 7) is 4.08. The van der Waals surface area contributed by atoms with E-state index < -0.39 is 18.5 Å². The summed E-state index contributed by atoms with van der Waals surface area (Å²) in [6, 6.07) is 18.5. The summed E-state index contributed by atoms with van der Waals surface area (Å²) in [5.74, 6) is -0.638. The molecule has 0 fully saturated rings. The van der Waals surface area contributed by atoms with Gasteiger partial charge in [-0.3, -0.25) is 9.59 Å². The summed E-state index contributed by atoms with van der Waals surface area (Å²) in [7, 11) is 0. The molecule has 0 unspecified atom stereocenters. The van der Waals surface area contributed by atoms with Gasteiger partial charge in [0, 0.05) is 21.7 Å². The summed E-state index contributed by atoms with van der Waals surface area (Å²) < 4.78 is 16.4. The van der Waals surface area contributed by atoms with E-state index in [0.29, 0.717) is 36.0 Å². The number of esters is 1. The number of nitrogens with one attached hydrogen (secondary N) is 1. The van der Waals surface area contributed by atoms with E-state index >= 15 is 0 Å². The number of thioether (sulfide) groups is 1. The highest BCUT2D eigenvalue weighted by Crippen LogP contribution is 2.30. The van der Waals surface area contributed by atoms with Crippen LogP contribution in [0.5, 0.6) is 11.5 Å². The number of anilines is 1. The molecule has 0 bridgehead atoms. The predicted octanol–water partition coefficient (Wildman–Crippen LogP) is 5.23. The Labute approximate surface area is 208 Å². The number of carbonyl (C=O) groups excluding carboxylic acids is 3. The highest BCUT2D eigenvalue weighted by atomic mass is 32.2. The van der Waals surface area contributed by atoms with Gasteiger partial charge in [-0.2, -0.15) is 0 Å². The number of benzene rings is 3. The number of hydrogen-bond acceptors (Lipinski definition) is 7. The molecule has 8 heteroatoms. The zero-order valence-corrected chi connectivity index (χ0v) is 20.6. The van der Waals surface area contributed by atoms with Gasteiger partial charge in [-0.25, -0.2) is 4.79 Å². The number of carbonyl (C=O) groups is 3. The van der Waals surface area contributed by atoms with Gasteiger partial charge in [-0.1, -0.05) is 24.3 Å². The average molecular weight is 494 g/mol. The molecule has 0 aliphatic heterocycles. The van der Waals surface area contributed by atoms with Gasteiger partial charge in [0.1, 0.15) is 0 Å². The molecule has 3 aromatic rings. The van der Waals surface area contributed by atoms with Crippen molar-refractivity contribution in [3.05, 3.63) is 83.4 Å². The van der Waals surface area contributed by atoms with Crippen LogP contribution in [0.1, 0.15) is 40.1 Å². The maximum absolute atomic E-state index is 13.3. The van der Waals surface area contributed by atoms with Gasteiger partial charge in [0.15, 0.2) is 23.9 Å². The zero-order chi connectivity index (χ0) is 25.2. The van der Waals surface area contributed by atoms with Crippen molar-refractivity contribution in [3.8, 4) is 11.5 Å². The third kappa shape index (κ3) is 6.86. The summed E-state index contributed by atoms with van der Waals surface area (Å²) in [6.07, 6.45) is 1.94. The second-order valence-corrected chi connectivity index (χ2v) is 8.14. The van der Waals surface area contributed by atoms with E-state index in [1.807, 2.05) is 38.3 Å². The van der Waals surface area contributed by atoms with Crippen LogP contribution in [-0.2, 0) is 9.53 Å². The fourth-order valence-electron chi connectivity index (χ4n) is 3.31. The fourth-order valence-corrected chi connectivity index (χ4v) is 3.77. The Balaban J connectivity index is 1.73. The average Bonchev–Trinajstić information content (AvgIpc) is 2.88. The van der Waals surface area contributed by atoms with E-state index in [-0.39, 0.29) is 16.9 Å². The maximum atomic E-state index is 13.3. The van der Waals surface area contributed by atoms with Crippen LogP contribution in [0, 0.1) is 0 Å². The first-order chi connectivity index (χ1) is 17.0. The molecule has 3 aromatic carbocycles. The highest BCUT2D eigenvalue weighted by molar-refractivity contribution is 7.98. The molecular weight excluding hydrogens is 466 g/mol. The Morgan fingerprint density at radius 2 is 1.54 bits per heavy atom. The number of hydrogen-bond donors (Lipinski definition) is 1. The second kappa shape index (κ2) is 12.6. The van der Waals surface area contributed by atoms with Crippen LogP contribution in [0.3, 0.4) is 0 Å². The molecule has 0 saturated heterocycles. The Morgan fingerprint density at radius 3 is 2.26 bits per heavy atom. The third-order valence-corrected chi connectivity index (χ3v) is 5.61. The lowest BCUT2D eigenvalue weighted by Gasteiger charge is -2.13. The zero-order valence-electron chi connectivity index (χ0n) is 19.8. The van der Waals surface area contributed by atoms with E-state index in [0.717, 1.165) is 4.90 Å². The number of amides is 1. The van der Waals surface area contributed by atoms with Crippen molar-refractivity contribution >= 4 is 35.1 Å². The lowest BCUT2D eigenvalue weighted by atomic mass is 9.98. The summed E-state index contributed by atoms with van der Waals surface area (Å²) in [4.78, 5) is 39.3. The van der Waals surface area contributed by atoms with Gasteiger partial charge in [-0.05, 0) is 62.6 Å². The molecular formula is C27H27NO6S. The van der Waals surface area contributed by atoms with E-state index in [9.17, 15) is 14.4 Å². The van der Waals surface area contributed by atoms with Crippen LogP contribution >= 0.6 is 11.8 Å². The molecule has 1 amide bonds. The molecule has 0 aliphatic rings. The molecule has 0 aliphatic carbocycles. The van der Waals surface area contributed by atoms with Crippen LogP contribution < -0.4 is 14.8 Å². The molecule has 0 radical (unpaired) electrons. The lowest BCUT2D eigenvalue weighted by molar-refractivity contribution is -0.119. The van der Waals surface area contributed by atoms with Gasteiger partial charge in [-0.15, -0.1) is 11.8 Å². The number of ketones is 1. The second-order valence-electron chi connectivity index (χ2n) is 7.26. The molecule has 35 heavy (non-hydrogen) atoms. The van der Waals surface area contributed by atoms with E-state index in [1.54, 1.807) is 54.2 Å². The first kappa shape index (κ1) is 25.8. The molecule has 182 valence electrons. The van der Waals surface area contributed by atoms with Crippen molar-refractivity contribution in [2.45, 2.75) is 18.7 Å². The minimum Gasteiger partial charge on any atom is -0.490 e. The molecule has 3 rings (SSSR count). The van der Waals surface area contributed by atoms with Crippen molar-refractivity contribution in [2.24, 2.45) is 0 Å². The highest BCUT2D eigenvalue weighted by Gasteiger charge is 2.21. The normalized spacial score (nSPS) is 10.4. The van der Waals surface area contributed by atoms with Crippen LogP contribution in [0.15, 0.2) is 71.6 Å². The van der Waals surface area contributed by atoms with Crippen molar-refractivity contribution in [1.82, 2.24) is 0 Å². The van der Waals surface area contributed by atoms with E-state index in [2.05, 4.69) is 5.32 Å². The maximum Gasteiger partial charge on any atom is 0.339 e. The molecule has 0 aromatic heterocycles. The van der Waals surface area contributed by atoms with E-state index in [4.69, 9.17) is 14.2 Å². The van der Waals surface area contributed by atoms with Crippen molar-refractivity contribution in [1.29, 1.82) is 0 Å². The lowest BCUT2D eigenvalue weighted by Crippen LogP contribution is -2.22. The quantitative estimate of drug-likeness (QED) is 0.222. The first-order valence-electron chi connectivity index (χ1n) is 11.1. The smallest absolute Gasteiger partial charge is 0.339 e. The molecule has 7 nitrogen and oxygen atoms in total. The molecule has 0 atom stereocenters. The minimum absolute atomic E-state index is 0.0709. The Hall–Kier alpha value is -3.78.